The van der Waals surface area contributed by atoms with Crippen LogP contribution in [-0.4, -0.2) is 44.0 Å². The van der Waals surface area contributed by atoms with E-state index in [9.17, 15) is 14.4 Å². The van der Waals surface area contributed by atoms with Crippen molar-refractivity contribution in [1.82, 2.24) is 5.32 Å². The Bertz CT molecular complexity index is 931. The fourth-order valence-electron chi connectivity index (χ4n) is 3.38. The molecular formula is C21H21N3O5. The van der Waals surface area contributed by atoms with E-state index in [2.05, 4.69) is 10.6 Å². The molecule has 3 amide bonds. The number of benzene rings is 2. The maximum Gasteiger partial charge on any atom is 0.243 e. The van der Waals surface area contributed by atoms with Crippen LogP contribution < -0.4 is 25.0 Å². The van der Waals surface area contributed by atoms with Crippen molar-refractivity contribution in [3.05, 3.63) is 48.5 Å². The fourth-order valence-corrected chi connectivity index (χ4v) is 3.38. The van der Waals surface area contributed by atoms with Crippen LogP contribution in [0.2, 0.25) is 0 Å². The first-order chi connectivity index (χ1) is 14.1. The predicted octanol–water partition coefficient (Wildman–Crippen LogP) is 1.57. The van der Waals surface area contributed by atoms with Gasteiger partial charge in [-0.05, 0) is 24.3 Å². The molecular weight excluding hydrogens is 374 g/mol. The zero-order valence-corrected chi connectivity index (χ0v) is 15.7. The Morgan fingerprint density at radius 3 is 2.59 bits per heavy atom. The van der Waals surface area contributed by atoms with Crippen LogP contribution in [0, 0.1) is 5.92 Å². The molecule has 2 aliphatic heterocycles. The number of fused-ring (bicyclic) bond motifs is 1. The highest BCUT2D eigenvalue weighted by molar-refractivity contribution is 6.01. The third kappa shape index (κ3) is 4.31. The van der Waals surface area contributed by atoms with E-state index < -0.39 is 5.92 Å². The normalized spacial score (nSPS) is 17.7. The number of hydrogen-bond acceptors (Lipinski definition) is 5. The van der Waals surface area contributed by atoms with Gasteiger partial charge in [0.15, 0.2) is 11.5 Å². The van der Waals surface area contributed by atoms with Gasteiger partial charge < -0.3 is 25.0 Å². The summed E-state index contributed by atoms with van der Waals surface area (Å²) in [5, 5.41) is 5.33. The second-order valence-electron chi connectivity index (χ2n) is 6.87. The lowest BCUT2D eigenvalue weighted by molar-refractivity contribution is -0.127. The molecule has 2 aromatic carbocycles. The standard InChI is InChI=1S/C21H21N3O5/c25-19(23-15-6-7-17-18(11-15)29-9-8-28-17)12-22-21(27)14-10-20(26)24(13-14)16-4-2-1-3-5-16/h1-7,11,14H,8-10,12-13H2,(H,22,27)(H,23,25). The summed E-state index contributed by atoms with van der Waals surface area (Å²) in [6.07, 6.45) is 0.129. The minimum absolute atomic E-state index is 0.0999. The third-order valence-electron chi connectivity index (χ3n) is 4.81. The Balaban J connectivity index is 1.28. The molecule has 2 heterocycles. The number of carbonyl (C=O) groups excluding carboxylic acids is 3. The largest absolute Gasteiger partial charge is 0.486 e. The van der Waals surface area contributed by atoms with Crippen LogP contribution in [0.4, 0.5) is 11.4 Å². The van der Waals surface area contributed by atoms with Crippen LogP contribution in [0.5, 0.6) is 11.5 Å². The van der Waals surface area contributed by atoms with Gasteiger partial charge >= 0.3 is 0 Å². The van der Waals surface area contributed by atoms with Crippen LogP contribution in [0.25, 0.3) is 0 Å². The van der Waals surface area contributed by atoms with Gasteiger partial charge in [-0.15, -0.1) is 0 Å². The summed E-state index contributed by atoms with van der Waals surface area (Å²) in [6.45, 7) is 1.08. The maximum atomic E-state index is 12.4. The molecule has 1 fully saturated rings. The van der Waals surface area contributed by atoms with Crippen molar-refractivity contribution in [2.75, 3.05) is 36.5 Å². The van der Waals surface area contributed by atoms with Crippen molar-refractivity contribution in [3.8, 4) is 11.5 Å². The van der Waals surface area contributed by atoms with E-state index in [1.165, 1.54) is 0 Å². The summed E-state index contributed by atoms with van der Waals surface area (Å²) >= 11 is 0. The summed E-state index contributed by atoms with van der Waals surface area (Å²) in [5.74, 6) is -0.0461. The Morgan fingerprint density at radius 1 is 1.03 bits per heavy atom. The third-order valence-corrected chi connectivity index (χ3v) is 4.81. The van der Waals surface area contributed by atoms with Crippen molar-refractivity contribution in [3.63, 3.8) is 0 Å². The van der Waals surface area contributed by atoms with Crippen LogP contribution in [0.15, 0.2) is 48.5 Å². The Morgan fingerprint density at radius 2 is 1.79 bits per heavy atom. The number of amides is 3. The molecule has 2 aromatic rings. The van der Waals surface area contributed by atoms with Crippen LogP contribution in [0.3, 0.4) is 0 Å². The number of anilines is 2. The average Bonchev–Trinajstić information content (AvgIpc) is 3.14. The van der Waals surface area contributed by atoms with Gasteiger partial charge in [-0.3, -0.25) is 14.4 Å². The summed E-state index contributed by atoms with van der Waals surface area (Å²) in [6, 6.07) is 14.3. The lowest BCUT2D eigenvalue weighted by Crippen LogP contribution is -2.37. The maximum absolute atomic E-state index is 12.4. The summed E-state index contributed by atoms with van der Waals surface area (Å²) in [5.41, 5.74) is 1.32. The smallest absolute Gasteiger partial charge is 0.243 e. The summed E-state index contributed by atoms with van der Waals surface area (Å²) in [7, 11) is 0. The first kappa shape index (κ1) is 18.8. The molecule has 1 atom stereocenters. The molecule has 0 radical (unpaired) electrons. The second kappa shape index (κ2) is 8.22. The molecule has 0 aliphatic carbocycles. The van der Waals surface area contributed by atoms with E-state index >= 15 is 0 Å². The van der Waals surface area contributed by atoms with E-state index in [4.69, 9.17) is 9.47 Å². The van der Waals surface area contributed by atoms with Gasteiger partial charge in [-0.25, -0.2) is 0 Å². The number of nitrogens with zero attached hydrogens (tertiary/aromatic N) is 1. The molecule has 1 saturated heterocycles. The molecule has 0 bridgehead atoms. The lowest BCUT2D eigenvalue weighted by Gasteiger charge is -2.19. The summed E-state index contributed by atoms with van der Waals surface area (Å²) in [4.78, 5) is 38.4. The van der Waals surface area contributed by atoms with Crippen molar-refractivity contribution >= 4 is 29.1 Å². The molecule has 4 rings (SSSR count). The van der Waals surface area contributed by atoms with Gasteiger partial charge in [0, 0.05) is 30.4 Å². The highest BCUT2D eigenvalue weighted by atomic mass is 16.6. The van der Waals surface area contributed by atoms with Crippen LogP contribution in [0.1, 0.15) is 6.42 Å². The molecule has 0 aromatic heterocycles. The number of ether oxygens (including phenoxy) is 2. The van der Waals surface area contributed by atoms with Gasteiger partial charge in [0.05, 0.1) is 12.5 Å². The van der Waals surface area contributed by atoms with E-state index in [-0.39, 0.29) is 30.7 Å². The summed E-state index contributed by atoms with van der Waals surface area (Å²) < 4.78 is 10.9. The SMILES string of the molecule is O=C(CNC(=O)C1CC(=O)N(c2ccccc2)C1)Nc1ccc2c(c1)OCCO2. The molecule has 1 unspecified atom stereocenters. The highest BCUT2D eigenvalue weighted by Gasteiger charge is 2.35. The van der Waals surface area contributed by atoms with E-state index in [1.54, 1.807) is 23.1 Å². The lowest BCUT2D eigenvalue weighted by atomic mass is 10.1. The molecule has 2 aliphatic rings. The Labute approximate surface area is 167 Å². The predicted molar refractivity (Wildman–Crippen MR) is 106 cm³/mol. The number of hydrogen-bond donors (Lipinski definition) is 2. The first-order valence-electron chi connectivity index (χ1n) is 9.43. The van der Waals surface area contributed by atoms with Crippen molar-refractivity contribution < 1.29 is 23.9 Å². The zero-order chi connectivity index (χ0) is 20.2. The topological polar surface area (TPSA) is 97.0 Å². The minimum atomic E-state index is -0.482. The zero-order valence-electron chi connectivity index (χ0n) is 15.7. The van der Waals surface area contributed by atoms with Crippen molar-refractivity contribution in [2.45, 2.75) is 6.42 Å². The molecule has 2 N–H and O–H groups in total. The molecule has 8 heteroatoms. The van der Waals surface area contributed by atoms with Crippen LogP contribution >= 0.6 is 0 Å². The monoisotopic (exact) mass is 395 g/mol. The van der Waals surface area contributed by atoms with Gasteiger partial charge in [-0.1, -0.05) is 18.2 Å². The molecule has 29 heavy (non-hydrogen) atoms. The molecule has 8 nitrogen and oxygen atoms in total. The minimum Gasteiger partial charge on any atom is -0.486 e. The fraction of sp³-hybridized carbons (Fsp3) is 0.286. The number of nitrogens with one attached hydrogen (secondary N) is 2. The van der Waals surface area contributed by atoms with Gasteiger partial charge in [0.25, 0.3) is 0 Å². The highest BCUT2D eigenvalue weighted by Crippen LogP contribution is 2.32. The van der Waals surface area contributed by atoms with Gasteiger partial charge in [-0.2, -0.15) is 0 Å². The molecule has 0 spiro atoms. The van der Waals surface area contributed by atoms with Crippen LogP contribution in [-0.2, 0) is 14.4 Å². The van der Waals surface area contributed by atoms with Crippen molar-refractivity contribution in [2.24, 2.45) is 5.92 Å². The molecule has 0 saturated carbocycles. The van der Waals surface area contributed by atoms with Gasteiger partial charge in [0.1, 0.15) is 13.2 Å². The number of para-hydroxylation sites is 1. The van der Waals surface area contributed by atoms with E-state index in [0.29, 0.717) is 36.9 Å². The average molecular weight is 395 g/mol. The number of carbonyl (C=O) groups is 3. The van der Waals surface area contributed by atoms with Gasteiger partial charge in [0.2, 0.25) is 17.7 Å². The second-order valence-corrected chi connectivity index (χ2v) is 6.87. The molecule has 150 valence electrons. The number of rotatable bonds is 5. The first-order valence-corrected chi connectivity index (χ1v) is 9.43. The Kier molecular flexibility index (Phi) is 5.33. The van der Waals surface area contributed by atoms with Crippen molar-refractivity contribution in [1.29, 1.82) is 0 Å². The quantitative estimate of drug-likeness (QED) is 0.801. The van der Waals surface area contributed by atoms with E-state index in [0.717, 1.165) is 5.69 Å². The van der Waals surface area contributed by atoms with E-state index in [1.807, 2.05) is 30.3 Å². The Hall–Kier alpha value is -3.55.